The quantitative estimate of drug-likeness (QED) is 0.634. The van der Waals surface area contributed by atoms with Crippen molar-refractivity contribution < 1.29 is 9.63 Å². The standard InChI is InChI=1S/C9H18N2O2/c1-3-13-11-8(12)9(2)6-4-5-7-10-9/h10H,3-7H2,1-2H3,(H,11,12). The molecule has 0 aromatic carbocycles. The van der Waals surface area contributed by atoms with Crippen LogP contribution < -0.4 is 10.8 Å². The molecule has 4 heteroatoms. The Balaban J connectivity index is 2.42. The van der Waals surface area contributed by atoms with E-state index in [1.165, 1.54) is 0 Å². The van der Waals surface area contributed by atoms with Crippen LogP contribution >= 0.6 is 0 Å². The van der Waals surface area contributed by atoms with E-state index in [-0.39, 0.29) is 5.91 Å². The number of rotatable bonds is 3. The Bertz CT molecular complexity index is 176. The van der Waals surface area contributed by atoms with Gasteiger partial charge >= 0.3 is 0 Å². The predicted molar refractivity (Wildman–Crippen MR) is 50.0 cm³/mol. The average Bonchev–Trinajstić information content (AvgIpc) is 2.15. The summed E-state index contributed by atoms with van der Waals surface area (Å²) in [6.45, 7) is 5.18. The molecule has 4 nitrogen and oxygen atoms in total. The van der Waals surface area contributed by atoms with E-state index in [0.29, 0.717) is 6.61 Å². The lowest BCUT2D eigenvalue weighted by atomic mass is 9.90. The van der Waals surface area contributed by atoms with Crippen LogP contribution in [0.4, 0.5) is 0 Å². The van der Waals surface area contributed by atoms with Gasteiger partial charge in [0.2, 0.25) is 0 Å². The monoisotopic (exact) mass is 186 g/mol. The Hall–Kier alpha value is -0.610. The van der Waals surface area contributed by atoms with Gasteiger partial charge in [-0.05, 0) is 39.7 Å². The van der Waals surface area contributed by atoms with Gasteiger partial charge in [-0.3, -0.25) is 9.63 Å². The van der Waals surface area contributed by atoms with Crippen molar-refractivity contribution in [2.75, 3.05) is 13.2 Å². The molecule has 0 radical (unpaired) electrons. The zero-order chi connectivity index (χ0) is 9.73. The third-order valence-electron chi connectivity index (χ3n) is 2.43. The lowest BCUT2D eigenvalue weighted by Gasteiger charge is -2.32. The molecular formula is C9H18N2O2. The maximum Gasteiger partial charge on any atom is 0.263 e. The summed E-state index contributed by atoms with van der Waals surface area (Å²) in [5.74, 6) is -0.0611. The van der Waals surface area contributed by atoms with Crippen LogP contribution in [0.5, 0.6) is 0 Å². The van der Waals surface area contributed by atoms with Crippen molar-refractivity contribution in [2.45, 2.75) is 38.6 Å². The predicted octanol–water partition coefficient (Wildman–Crippen LogP) is 0.586. The fourth-order valence-electron chi connectivity index (χ4n) is 1.50. The number of carbonyl (C=O) groups is 1. The summed E-state index contributed by atoms with van der Waals surface area (Å²) in [6, 6.07) is 0. The zero-order valence-electron chi connectivity index (χ0n) is 8.35. The summed E-state index contributed by atoms with van der Waals surface area (Å²) >= 11 is 0. The van der Waals surface area contributed by atoms with Crippen molar-refractivity contribution in [3.63, 3.8) is 0 Å². The Morgan fingerprint density at radius 1 is 1.62 bits per heavy atom. The van der Waals surface area contributed by atoms with Crippen molar-refractivity contribution in [3.05, 3.63) is 0 Å². The van der Waals surface area contributed by atoms with Gasteiger partial charge in [0.05, 0.1) is 12.1 Å². The average molecular weight is 186 g/mol. The maximum absolute atomic E-state index is 11.6. The van der Waals surface area contributed by atoms with E-state index in [2.05, 4.69) is 10.8 Å². The van der Waals surface area contributed by atoms with Crippen molar-refractivity contribution in [1.29, 1.82) is 0 Å². The van der Waals surface area contributed by atoms with E-state index in [1.54, 1.807) is 0 Å². The van der Waals surface area contributed by atoms with Gasteiger partial charge < -0.3 is 5.32 Å². The molecule has 1 heterocycles. The van der Waals surface area contributed by atoms with E-state index in [1.807, 2.05) is 13.8 Å². The first kappa shape index (κ1) is 10.5. The molecule has 1 amide bonds. The highest BCUT2D eigenvalue weighted by atomic mass is 16.6. The normalized spacial score (nSPS) is 28.5. The number of carbonyl (C=O) groups excluding carboxylic acids is 1. The Morgan fingerprint density at radius 2 is 2.38 bits per heavy atom. The fourth-order valence-corrected chi connectivity index (χ4v) is 1.50. The van der Waals surface area contributed by atoms with Crippen LogP contribution in [-0.2, 0) is 9.63 Å². The van der Waals surface area contributed by atoms with Gasteiger partial charge in [-0.1, -0.05) is 0 Å². The van der Waals surface area contributed by atoms with Gasteiger partial charge in [-0.15, -0.1) is 0 Å². The molecule has 1 aliphatic rings. The molecule has 1 rings (SSSR count). The molecule has 76 valence electrons. The minimum atomic E-state index is -0.437. The van der Waals surface area contributed by atoms with Crippen LogP contribution in [0.1, 0.15) is 33.1 Å². The fraction of sp³-hybridized carbons (Fsp3) is 0.889. The minimum Gasteiger partial charge on any atom is -0.303 e. The summed E-state index contributed by atoms with van der Waals surface area (Å²) in [4.78, 5) is 16.5. The molecule has 1 fully saturated rings. The van der Waals surface area contributed by atoms with E-state index in [0.717, 1.165) is 25.8 Å². The molecule has 0 aromatic heterocycles. The third-order valence-corrected chi connectivity index (χ3v) is 2.43. The molecule has 0 saturated carbocycles. The summed E-state index contributed by atoms with van der Waals surface area (Å²) in [7, 11) is 0. The number of amides is 1. The summed E-state index contributed by atoms with van der Waals surface area (Å²) in [6.07, 6.45) is 3.13. The smallest absolute Gasteiger partial charge is 0.263 e. The first-order valence-corrected chi connectivity index (χ1v) is 4.86. The van der Waals surface area contributed by atoms with Crippen LogP contribution in [0.3, 0.4) is 0 Å². The molecule has 0 spiro atoms. The van der Waals surface area contributed by atoms with Crippen LogP contribution in [0.15, 0.2) is 0 Å². The lowest BCUT2D eigenvalue weighted by Crippen LogP contribution is -2.56. The van der Waals surface area contributed by atoms with Crippen LogP contribution in [0.2, 0.25) is 0 Å². The van der Waals surface area contributed by atoms with Crippen molar-refractivity contribution in [1.82, 2.24) is 10.8 Å². The molecule has 1 aliphatic heterocycles. The molecule has 2 N–H and O–H groups in total. The van der Waals surface area contributed by atoms with Crippen LogP contribution in [0, 0.1) is 0 Å². The molecule has 0 bridgehead atoms. The minimum absolute atomic E-state index is 0.0611. The Morgan fingerprint density at radius 3 is 2.92 bits per heavy atom. The third kappa shape index (κ3) is 2.67. The van der Waals surface area contributed by atoms with Gasteiger partial charge in [0.1, 0.15) is 0 Å². The SMILES string of the molecule is CCONC(=O)C1(C)CCCCN1. The highest BCUT2D eigenvalue weighted by molar-refractivity contribution is 5.85. The highest BCUT2D eigenvalue weighted by Gasteiger charge is 2.34. The molecule has 1 atom stereocenters. The number of hydroxylamine groups is 1. The summed E-state index contributed by atoms with van der Waals surface area (Å²) in [5, 5.41) is 3.21. The van der Waals surface area contributed by atoms with E-state index < -0.39 is 5.54 Å². The van der Waals surface area contributed by atoms with Crippen molar-refractivity contribution >= 4 is 5.91 Å². The second kappa shape index (κ2) is 4.58. The second-order valence-electron chi connectivity index (χ2n) is 3.58. The topological polar surface area (TPSA) is 50.4 Å². The maximum atomic E-state index is 11.6. The molecule has 1 saturated heterocycles. The lowest BCUT2D eigenvalue weighted by molar-refractivity contribution is -0.140. The largest absolute Gasteiger partial charge is 0.303 e. The molecule has 13 heavy (non-hydrogen) atoms. The second-order valence-corrected chi connectivity index (χ2v) is 3.58. The van der Waals surface area contributed by atoms with Gasteiger partial charge in [0.15, 0.2) is 0 Å². The van der Waals surface area contributed by atoms with Crippen molar-refractivity contribution in [2.24, 2.45) is 0 Å². The summed E-state index contributed by atoms with van der Waals surface area (Å²) in [5.41, 5.74) is 2.00. The van der Waals surface area contributed by atoms with E-state index in [4.69, 9.17) is 4.84 Å². The van der Waals surface area contributed by atoms with Gasteiger partial charge in [-0.25, -0.2) is 5.48 Å². The highest BCUT2D eigenvalue weighted by Crippen LogP contribution is 2.18. The Labute approximate surface area is 79.0 Å². The van der Waals surface area contributed by atoms with Gasteiger partial charge in [0.25, 0.3) is 5.91 Å². The van der Waals surface area contributed by atoms with Crippen LogP contribution in [-0.4, -0.2) is 24.6 Å². The Kier molecular flexibility index (Phi) is 3.69. The molecule has 0 aromatic rings. The first-order valence-electron chi connectivity index (χ1n) is 4.86. The van der Waals surface area contributed by atoms with Gasteiger partial charge in [0, 0.05) is 0 Å². The van der Waals surface area contributed by atoms with E-state index >= 15 is 0 Å². The molecular weight excluding hydrogens is 168 g/mol. The molecule has 0 aliphatic carbocycles. The zero-order valence-corrected chi connectivity index (χ0v) is 8.35. The number of nitrogens with one attached hydrogen (secondary N) is 2. The molecule has 1 unspecified atom stereocenters. The summed E-state index contributed by atoms with van der Waals surface area (Å²) < 4.78 is 0. The number of hydrogen-bond acceptors (Lipinski definition) is 3. The van der Waals surface area contributed by atoms with Crippen LogP contribution in [0.25, 0.3) is 0 Å². The van der Waals surface area contributed by atoms with Crippen molar-refractivity contribution in [3.8, 4) is 0 Å². The van der Waals surface area contributed by atoms with E-state index in [9.17, 15) is 4.79 Å². The number of piperidine rings is 1. The number of hydrogen-bond donors (Lipinski definition) is 2. The van der Waals surface area contributed by atoms with Gasteiger partial charge in [-0.2, -0.15) is 0 Å². The first-order chi connectivity index (χ1) is 6.19.